The van der Waals surface area contributed by atoms with E-state index in [9.17, 15) is 9.59 Å². The van der Waals surface area contributed by atoms with Crippen LogP contribution in [0.4, 0.5) is 0 Å². The number of ketones is 1. The van der Waals surface area contributed by atoms with Crippen LogP contribution in [-0.2, 0) is 11.3 Å². The second-order valence-corrected chi connectivity index (χ2v) is 8.07. The van der Waals surface area contributed by atoms with Crippen LogP contribution in [0.25, 0.3) is 0 Å². The molecule has 1 N–H and O–H groups in total. The van der Waals surface area contributed by atoms with E-state index in [-0.39, 0.29) is 17.2 Å². The summed E-state index contributed by atoms with van der Waals surface area (Å²) in [5, 5.41) is 3.38. The molecule has 4 aliphatic rings. The quantitative estimate of drug-likeness (QED) is 0.685. The number of nitrogens with zero attached hydrogens (tertiary/aromatic N) is 1. The van der Waals surface area contributed by atoms with Crippen LogP contribution in [0.3, 0.4) is 0 Å². The van der Waals surface area contributed by atoms with Crippen molar-refractivity contribution in [3.05, 3.63) is 30.1 Å². The first-order valence-corrected chi connectivity index (χ1v) is 8.82. The van der Waals surface area contributed by atoms with Gasteiger partial charge in [-0.2, -0.15) is 4.57 Å². The lowest BCUT2D eigenvalue weighted by atomic mass is 9.53. The molecule has 0 radical (unpaired) electrons. The zero-order chi connectivity index (χ0) is 16.0. The number of Topliss-reactive ketones (excluding diaryl/α,β-unsaturated/α-hetero) is 1. The zero-order valence-corrected chi connectivity index (χ0v) is 13.8. The number of nitrogens with one attached hydrogen (secondary N) is 1. The molecule has 0 spiro atoms. The van der Waals surface area contributed by atoms with E-state index in [1.165, 1.54) is 38.5 Å². The predicted octanol–water partition coefficient (Wildman–Crippen LogP) is 2.26. The van der Waals surface area contributed by atoms with Gasteiger partial charge in [0.25, 0.3) is 5.91 Å². The van der Waals surface area contributed by atoms with Gasteiger partial charge in [0.2, 0.25) is 6.54 Å². The molecule has 4 heteroatoms. The van der Waals surface area contributed by atoms with E-state index in [0.717, 1.165) is 17.8 Å². The summed E-state index contributed by atoms with van der Waals surface area (Å²) in [7, 11) is 0. The summed E-state index contributed by atoms with van der Waals surface area (Å²) in [4.78, 5) is 24.0. The molecule has 5 rings (SSSR count). The minimum Gasteiger partial charge on any atom is -0.345 e. The van der Waals surface area contributed by atoms with Crippen molar-refractivity contribution in [2.45, 2.75) is 57.5 Å². The highest BCUT2D eigenvalue weighted by Gasteiger charge is 2.51. The lowest BCUT2D eigenvalue weighted by Crippen LogP contribution is -2.61. The fraction of sp³-hybridized carbons (Fsp3) is 0.632. The molecule has 1 heterocycles. The van der Waals surface area contributed by atoms with Crippen molar-refractivity contribution < 1.29 is 14.2 Å². The maximum Gasteiger partial charge on any atom is 0.286 e. The number of pyridine rings is 1. The molecule has 4 nitrogen and oxygen atoms in total. The monoisotopic (exact) mass is 313 g/mol. The van der Waals surface area contributed by atoms with Gasteiger partial charge in [-0.3, -0.25) is 9.59 Å². The van der Waals surface area contributed by atoms with Gasteiger partial charge in [0, 0.05) is 11.6 Å². The van der Waals surface area contributed by atoms with Gasteiger partial charge in [0.05, 0.1) is 5.56 Å². The van der Waals surface area contributed by atoms with Gasteiger partial charge < -0.3 is 5.32 Å². The van der Waals surface area contributed by atoms with Crippen molar-refractivity contribution in [2.75, 3.05) is 0 Å². The van der Waals surface area contributed by atoms with Crippen LogP contribution in [0.5, 0.6) is 0 Å². The molecule has 0 aromatic carbocycles. The highest BCUT2D eigenvalue weighted by molar-refractivity contribution is 5.93. The smallest absolute Gasteiger partial charge is 0.286 e. The molecule has 1 aromatic heterocycles. The van der Waals surface area contributed by atoms with E-state index in [4.69, 9.17) is 0 Å². The summed E-state index contributed by atoms with van der Waals surface area (Å²) in [6.45, 7) is 1.85. The van der Waals surface area contributed by atoms with Crippen LogP contribution < -0.4 is 9.88 Å². The fourth-order valence-corrected chi connectivity index (χ4v) is 5.59. The Bertz CT molecular complexity index is 617. The van der Waals surface area contributed by atoms with E-state index in [1.807, 2.05) is 16.8 Å². The van der Waals surface area contributed by atoms with Gasteiger partial charge >= 0.3 is 0 Å². The summed E-state index contributed by atoms with van der Waals surface area (Å²) < 4.78 is 1.81. The third-order valence-corrected chi connectivity index (χ3v) is 6.03. The molecule has 0 atom stereocenters. The minimum atomic E-state index is 0.0286. The predicted molar refractivity (Wildman–Crippen MR) is 85.7 cm³/mol. The Morgan fingerprint density at radius 1 is 1.17 bits per heavy atom. The molecule has 4 fully saturated rings. The van der Waals surface area contributed by atoms with Crippen molar-refractivity contribution in [1.82, 2.24) is 5.32 Å². The molecular formula is C19H25N2O2+. The largest absolute Gasteiger partial charge is 0.345 e. The average molecular weight is 313 g/mol. The van der Waals surface area contributed by atoms with Gasteiger partial charge in [-0.25, -0.2) is 0 Å². The molecular weight excluding hydrogens is 288 g/mol. The Morgan fingerprint density at radius 3 is 2.35 bits per heavy atom. The number of carbonyl (C=O) groups excluding carboxylic acids is 2. The van der Waals surface area contributed by atoms with Gasteiger partial charge in [0.15, 0.2) is 18.2 Å². The Balaban J connectivity index is 1.44. The number of amides is 1. The topological polar surface area (TPSA) is 50.0 Å². The lowest BCUT2D eigenvalue weighted by molar-refractivity contribution is -0.684. The number of carbonyl (C=O) groups is 2. The van der Waals surface area contributed by atoms with Gasteiger partial charge in [-0.1, -0.05) is 0 Å². The Morgan fingerprint density at radius 2 is 1.78 bits per heavy atom. The van der Waals surface area contributed by atoms with Crippen LogP contribution in [0.1, 0.15) is 55.8 Å². The first-order chi connectivity index (χ1) is 11.0. The van der Waals surface area contributed by atoms with Crippen molar-refractivity contribution in [3.8, 4) is 0 Å². The Labute approximate surface area is 137 Å². The Hall–Kier alpha value is -1.71. The van der Waals surface area contributed by atoms with E-state index >= 15 is 0 Å². The summed E-state index contributed by atoms with van der Waals surface area (Å²) in [6, 6.07) is 3.62. The van der Waals surface area contributed by atoms with E-state index in [0.29, 0.717) is 12.1 Å². The standard InChI is InChI=1S/C19H24N2O2/c1-13(22)17-3-2-4-21(11-17)12-18(23)20-19-8-14-5-15(9-19)7-16(6-14)10-19/h2-4,11,14-16H,5-10,12H2,1H3/p+1. The van der Waals surface area contributed by atoms with Crippen LogP contribution in [0.15, 0.2) is 24.5 Å². The molecule has 1 aromatic rings. The van der Waals surface area contributed by atoms with Gasteiger partial charge in [0.1, 0.15) is 0 Å². The third-order valence-electron chi connectivity index (χ3n) is 6.03. The molecule has 0 aliphatic heterocycles. The molecule has 4 bridgehead atoms. The molecule has 1 amide bonds. The fourth-order valence-electron chi connectivity index (χ4n) is 5.59. The molecule has 122 valence electrons. The third kappa shape index (κ3) is 2.91. The lowest BCUT2D eigenvalue weighted by Gasteiger charge is -2.56. The first kappa shape index (κ1) is 14.9. The average Bonchev–Trinajstić information content (AvgIpc) is 2.45. The number of aromatic nitrogens is 1. The van der Waals surface area contributed by atoms with Crippen molar-refractivity contribution >= 4 is 11.7 Å². The van der Waals surface area contributed by atoms with E-state index in [1.54, 1.807) is 19.2 Å². The SMILES string of the molecule is CC(=O)c1ccc[n+](CC(=O)NC23CC4CC(CC(C4)C2)C3)c1. The molecule has 4 aliphatic carbocycles. The number of hydrogen-bond acceptors (Lipinski definition) is 2. The molecule has 0 unspecified atom stereocenters. The van der Waals surface area contributed by atoms with E-state index < -0.39 is 0 Å². The molecule has 0 saturated heterocycles. The number of hydrogen-bond donors (Lipinski definition) is 1. The maximum atomic E-state index is 12.6. The zero-order valence-electron chi connectivity index (χ0n) is 13.8. The first-order valence-electron chi connectivity index (χ1n) is 8.82. The van der Waals surface area contributed by atoms with Crippen LogP contribution in [-0.4, -0.2) is 17.2 Å². The highest BCUT2D eigenvalue weighted by atomic mass is 16.2. The maximum absolute atomic E-state index is 12.6. The summed E-state index contributed by atoms with van der Waals surface area (Å²) in [6.07, 6.45) is 11.3. The Kier molecular flexibility index (Phi) is 3.51. The van der Waals surface area contributed by atoms with Crippen molar-refractivity contribution in [2.24, 2.45) is 17.8 Å². The second-order valence-electron chi connectivity index (χ2n) is 8.07. The molecule has 23 heavy (non-hydrogen) atoms. The summed E-state index contributed by atoms with van der Waals surface area (Å²) in [5.74, 6) is 2.60. The highest BCUT2D eigenvalue weighted by Crippen LogP contribution is 2.55. The number of rotatable bonds is 4. The van der Waals surface area contributed by atoms with Gasteiger partial charge in [-0.05, 0) is 69.3 Å². The summed E-state index contributed by atoms with van der Waals surface area (Å²) in [5.41, 5.74) is 0.708. The normalized spacial score (nSPS) is 34.4. The van der Waals surface area contributed by atoms with Crippen molar-refractivity contribution in [1.29, 1.82) is 0 Å². The minimum absolute atomic E-state index is 0.0286. The van der Waals surface area contributed by atoms with Crippen LogP contribution in [0.2, 0.25) is 0 Å². The summed E-state index contributed by atoms with van der Waals surface area (Å²) >= 11 is 0. The van der Waals surface area contributed by atoms with Crippen LogP contribution in [0, 0.1) is 17.8 Å². The van der Waals surface area contributed by atoms with Gasteiger partial charge in [-0.15, -0.1) is 0 Å². The van der Waals surface area contributed by atoms with Crippen molar-refractivity contribution in [3.63, 3.8) is 0 Å². The molecule has 4 saturated carbocycles. The van der Waals surface area contributed by atoms with Crippen LogP contribution >= 0.6 is 0 Å². The second kappa shape index (κ2) is 5.43. The van der Waals surface area contributed by atoms with E-state index in [2.05, 4.69) is 5.32 Å².